The molecule has 1 saturated heterocycles. The van der Waals surface area contributed by atoms with Gasteiger partial charge in [-0.3, -0.25) is 4.90 Å². The van der Waals surface area contributed by atoms with Crippen LogP contribution < -0.4 is 10.6 Å². The van der Waals surface area contributed by atoms with Crippen molar-refractivity contribution in [3.05, 3.63) is 47.6 Å². The second-order valence-electron chi connectivity index (χ2n) is 6.12. The monoisotopic (exact) mass is 329 g/mol. The second kappa shape index (κ2) is 7.44. The highest BCUT2D eigenvalue weighted by molar-refractivity contribution is 5.74. The predicted octanol–water partition coefficient (Wildman–Crippen LogP) is 2.01. The number of nitrogens with zero attached hydrogens (tertiary/aromatic N) is 3. The van der Waals surface area contributed by atoms with Crippen molar-refractivity contribution in [3.63, 3.8) is 0 Å². The highest BCUT2D eigenvalue weighted by Crippen LogP contribution is 2.24. The lowest BCUT2D eigenvalue weighted by Crippen LogP contribution is -2.43. The molecular formula is C17H23N5O2. The maximum absolute atomic E-state index is 12.0. The lowest BCUT2D eigenvalue weighted by Gasteiger charge is -2.24. The molecule has 0 spiro atoms. The first kappa shape index (κ1) is 16.4. The Morgan fingerprint density at radius 2 is 2.21 bits per heavy atom. The first-order valence-electron chi connectivity index (χ1n) is 8.24. The van der Waals surface area contributed by atoms with E-state index in [0.29, 0.717) is 17.8 Å². The van der Waals surface area contributed by atoms with Crippen LogP contribution in [0.15, 0.2) is 34.9 Å². The first-order valence-corrected chi connectivity index (χ1v) is 8.24. The van der Waals surface area contributed by atoms with Crippen molar-refractivity contribution in [2.24, 2.45) is 0 Å². The van der Waals surface area contributed by atoms with Gasteiger partial charge in [-0.05, 0) is 18.9 Å². The first-order chi connectivity index (χ1) is 11.6. The molecule has 1 aliphatic heterocycles. The Morgan fingerprint density at radius 1 is 1.42 bits per heavy atom. The van der Waals surface area contributed by atoms with Crippen molar-refractivity contribution < 1.29 is 9.32 Å². The van der Waals surface area contributed by atoms with Crippen LogP contribution in [0.5, 0.6) is 0 Å². The summed E-state index contributed by atoms with van der Waals surface area (Å²) in [5.41, 5.74) is 1.30. The zero-order chi connectivity index (χ0) is 16.9. The van der Waals surface area contributed by atoms with Gasteiger partial charge in [-0.25, -0.2) is 4.79 Å². The summed E-state index contributed by atoms with van der Waals surface area (Å²) in [4.78, 5) is 18.4. The third-order valence-corrected chi connectivity index (χ3v) is 4.36. The van der Waals surface area contributed by atoms with Crippen LogP contribution >= 0.6 is 0 Å². The van der Waals surface area contributed by atoms with Crippen molar-refractivity contribution in [3.8, 4) is 0 Å². The van der Waals surface area contributed by atoms with E-state index in [4.69, 9.17) is 4.52 Å². The van der Waals surface area contributed by atoms with E-state index < -0.39 is 0 Å². The number of likely N-dealkylation sites (tertiary alicyclic amines) is 1. The molecule has 0 unspecified atom stereocenters. The third-order valence-electron chi connectivity index (χ3n) is 4.36. The topological polar surface area (TPSA) is 83.3 Å². The summed E-state index contributed by atoms with van der Waals surface area (Å²) in [6, 6.07) is 10.7. The number of benzene rings is 1. The fraction of sp³-hybridized carbons (Fsp3) is 0.471. The summed E-state index contributed by atoms with van der Waals surface area (Å²) < 4.78 is 4.87. The molecule has 2 amide bonds. The molecule has 24 heavy (non-hydrogen) atoms. The number of urea groups is 1. The molecule has 7 heteroatoms. The summed E-state index contributed by atoms with van der Waals surface area (Å²) in [6.45, 7) is 6.02. The number of aryl methyl sites for hydroxylation is 1. The lowest BCUT2D eigenvalue weighted by molar-refractivity contribution is 0.231. The van der Waals surface area contributed by atoms with E-state index in [2.05, 4.69) is 56.9 Å². The van der Waals surface area contributed by atoms with Crippen LogP contribution in [-0.4, -0.2) is 40.2 Å². The van der Waals surface area contributed by atoms with Crippen molar-refractivity contribution in [2.45, 2.75) is 38.9 Å². The maximum atomic E-state index is 12.0. The van der Waals surface area contributed by atoms with Gasteiger partial charge in [0.05, 0.1) is 6.54 Å². The Morgan fingerprint density at radius 3 is 2.92 bits per heavy atom. The average molecular weight is 329 g/mol. The number of aromatic nitrogens is 2. The number of carbonyl (C=O) groups excluding carboxylic acids is 1. The van der Waals surface area contributed by atoms with E-state index in [1.807, 2.05) is 6.07 Å². The van der Waals surface area contributed by atoms with Gasteiger partial charge in [-0.1, -0.05) is 35.5 Å². The Kier molecular flexibility index (Phi) is 5.10. The van der Waals surface area contributed by atoms with Gasteiger partial charge in [-0.15, -0.1) is 0 Å². The van der Waals surface area contributed by atoms with Crippen LogP contribution in [-0.2, 0) is 6.54 Å². The van der Waals surface area contributed by atoms with Crippen molar-refractivity contribution in [1.29, 1.82) is 0 Å². The minimum absolute atomic E-state index is 0.156. The van der Waals surface area contributed by atoms with Crippen molar-refractivity contribution >= 4 is 6.03 Å². The minimum Gasteiger partial charge on any atom is -0.340 e. The second-order valence-corrected chi connectivity index (χ2v) is 6.12. The molecule has 0 aliphatic carbocycles. The van der Waals surface area contributed by atoms with Crippen LogP contribution in [0.25, 0.3) is 0 Å². The third kappa shape index (κ3) is 4.11. The van der Waals surface area contributed by atoms with Crippen LogP contribution in [0, 0.1) is 6.92 Å². The molecule has 3 rings (SSSR count). The van der Waals surface area contributed by atoms with Crippen molar-refractivity contribution in [2.75, 3.05) is 13.1 Å². The Hall–Kier alpha value is -2.41. The SMILES string of the molecule is Cc1nc(CNC(=O)N[C@@H]2CCN([C@H](C)c3ccccc3)C2)no1. The molecule has 0 radical (unpaired) electrons. The number of nitrogens with one attached hydrogen (secondary N) is 2. The fourth-order valence-corrected chi connectivity index (χ4v) is 3.01. The van der Waals surface area contributed by atoms with Crippen LogP contribution in [0.2, 0.25) is 0 Å². The quantitative estimate of drug-likeness (QED) is 0.877. The molecule has 0 saturated carbocycles. The summed E-state index contributed by atoms with van der Waals surface area (Å²) >= 11 is 0. The van der Waals surface area contributed by atoms with Crippen molar-refractivity contribution in [1.82, 2.24) is 25.7 Å². The summed E-state index contributed by atoms with van der Waals surface area (Å²) in [7, 11) is 0. The maximum Gasteiger partial charge on any atom is 0.315 e. The Bertz CT molecular complexity index is 673. The number of rotatable bonds is 5. The molecule has 128 valence electrons. The highest BCUT2D eigenvalue weighted by Gasteiger charge is 2.27. The van der Waals surface area contributed by atoms with Crippen LogP contribution in [0.4, 0.5) is 4.79 Å². The van der Waals surface area contributed by atoms with Crippen LogP contribution in [0.1, 0.15) is 36.7 Å². The Labute approximate surface area is 141 Å². The van der Waals surface area contributed by atoms with Gasteiger partial charge in [-0.2, -0.15) is 4.98 Å². The summed E-state index contributed by atoms with van der Waals surface area (Å²) in [6.07, 6.45) is 0.950. The molecule has 0 bridgehead atoms. The molecule has 1 fully saturated rings. The number of carbonyl (C=O) groups is 1. The molecule has 2 heterocycles. The lowest BCUT2D eigenvalue weighted by atomic mass is 10.1. The van der Waals surface area contributed by atoms with E-state index in [0.717, 1.165) is 19.5 Å². The van der Waals surface area contributed by atoms with Gasteiger partial charge < -0.3 is 15.2 Å². The molecule has 7 nitrogen and oxygen atoms in total. The average Bonchev–Trinajstić information content (AvgIpc) is 3.22. The van der Waals surface area contributed by atoms with Gasteiger partial charge in [0.15, 0.2) is 5.82 Å². The van der Waals surface area contributed by atoms with Gasteiger partial charge >= 0.3 is 6.03 Å². The molecule has 2 N–H and O–H groups in total. The van der Waals surface area contributed by atoms with E-state index in [1.165, 1.54) is 5.56 Å². The normalized spacial score (nSPS) is 19.2. The van der Waals surface area contributed by atoms with Gasteiger partial charge in [0, 0.05) is 32.1 Å². The largest absolute Gasteiger partial charge is 0.340 e. The zero-order valence-corrected chi connectivity index (χ0v) is 14.0. The number of hydrogen-bond donors (Lipinski definition) is 2. The molecular weight excluding hydrogens is 306 g/mol. The summed E-state index contributed by atoms with van der Waals surface area (Å²) in [5.74, 6) is 0.974. The molecule has 1 aromatic heterocycles. The molecule has 2 aromatic rings. The minimum atomic E-state index is -0.198. The summed E-state index contributed by atoms with van der Waals surface area (Å²) in [5, 5.41) is 9.53. The van der Waals surface area contributed by atoms with E-state index in [1.54, 1.807) is 6.92 Å². The molecule has 1 aromatic carbocycles. The zero-order valence-electron chi connectivity index (χ0n) is 14.0. The highest BCUT2D eigenvalue weighted by atomic mass is 16.5. The van der Waals surface area contributed by atoms with E-state index >= 15 is 0 Å². The number of amides is 2. The van der Waals surface area contributed by atoms with Crippen LogP contribution in [0.3, 0.4) is 0 Å². The number of hydrogen-bond acceptors (Lipinski definition) is 5. The van der Waals surface area contributed by atoms with Gasteiger partial charge in [0.25, 0.3) is 0 Å². The molecule has 2 atom stereocenters. The van der Waals surface area contributed by atoms with Gasteiger partial charge in [0.2, 0.25) is 5.89 Å². The Balaban J connectivity index is 1.44. The van der Waals surface area contributed by atoms with E-state index in [9.17, 15) is 4.79 Å². The smallest absolute Gasteiger partial charge is 0.315 e. The fourth-order valence-electron chi connectivity index (χ4n) is 3.01. The standard InChI is InChI=1S/C17H23N5O2/c1-12(14-6-4-3-5-7-14)22-9-8-15(11-22)20-17(23)18-10-16-19-13(2)24-21-16/h3-7,12,15H,8-11H2,1-2H3,(H2,18,20,23)/t12-,15-/m1/s1. The predicted molar refractivity (Wildman–Crippen MR) is 89.2 cm³/mol. The van der Waals surface area contributed by atoms with Gasteiger partial charge in [0.1, 0.15) is 0 Å². The van der Waals surface area contributed by atoms with E-state index in [-0.39, 0.29) is 18.6 Å². The molecule has 1 aliphatic rings.